The van der Waals surface area contributed by atoms with Crippen LogP contribution in [0.5, 0.6) is 11.6 Å². The van der Waals surface area contributed by atoms with Crippen LogP contribution in [0, 0.1) is 0 Å². The van der Waals surface area contributed by atoms with E-state index in [0.717, 1.165) is 11.1 Å². The highest BCUT2D eigenvalue weighted by molar-refractivity contribution is 7.92. The number of anilines is 1. The SMILES string of the molecule is O=S(=O)(Nc1nc(Oc2ccccc2)cc(-c2ccccc2)n1)c1cnn(Cc2ccccc2)c1. The molecule has 0 fully saturated rings. The Bertz CT molecular complexity index is 1520. The van der Waals surface area contributed by atoms with Crippen molar-refractivity contribution in [2.24, 2.45) is 0 Å². The first-order chi connectivity index (χ1) is 17.0. The van der Waals surface area contributed by atoms with Crippen LogP contribution in [0.2, 0.25) is 0 Å². The average Bonchev–Trinajstić information content (AvgIpc) is 3.35. The summed E-state index contributed by atoms with van der Waals surface area (Å²) >= 11 is 0. The second-order valence-corrected chi connectivity index (χ2v) is 9.34. The lowest BCUT2D eigenvalue weighted by Crippen LogP contribution is -2.15. The maximum Gasteiger partial charge on any atom is 0.267 e. The summed E-state index contributed by atoms with van der Waals surface area (Å²) in [5.41, 5.74) is 2.32. The minimum Gasteiger partial charge on any atom is -0.439 e. The Morgan fingerprint density at radius 2 is 1.49 bits per heavy atom. The minimum absolute atomic E-state index is 0.00710. The van der Waals surface area contributed by atoms with Crippen LogP contribution in [0.3, 0.4) is 0 Å². The third-order valence-electron chi connectivity index (χ3n) is 5.07. The smallest absolute Gasteiger partial charge is 0.267 e. The molecule has 174 valence electrons. The van der Waals surface area contributed by atoms with Crippen molar-refractivity contribution in [1.82, 2.24) is 19.7 Å². The van der Waals surface area contributed by atoms with Gasteiger partial charge in [0.2, 0.25) is 11.8 Å². The van der Waals surface area contributed by atoms with Gasteiger partial charge in [-0.3, -0.25) is 4.68 Å². The molecule has 5 rings (SSSR count). The molecular formula is C26H21N5O3S. The summed E-state index contributed by atoms with van der Waals surface area (Å²) in [4.78, 5) is 8.72. The van der Waals surface area contributed by atoms with E-state index in [4.69, 9.17) is 4.74 Å². The van der Waals surface area contributed by atoms with Crippen LogP contribution < -0.4 is 9.46 Å². The van der Waals surface area contributed by atoms with Gasteiger partial charge in [0.15, 0.2) is 0 Å². The molecule has 0 spiro atoms. The lowest BCUT2D eigenvalue weighted by molar-refractivity contribution is 0.463. The standard InChI is InChI=1S/C26H21N5O3S/c32-35(33,23-17-27-31(19-23)18-20-10-4-1-5-11-20)30-26-28-24(21-12-6-2-7-13-21)16-25(29-26)34-22-14-8-3-9-15-22/h1-17,19H,18H2,(H,28,29,30). The van der Waals surface area contributed by atoms with Crippen molar-refractivity contribution in [3.05, 3.63) is 115 Å². The number of benzene rings is 3. The molecule has 2 aromatic heterocycles. The number of ether oxygens (including phenoxy) is 1. The third-order valence-corrected chi connectivity index (χ3v) is 6.35. The van der Waals surface area contributed by atoms with Crippen LogP contribution in [0.1, 0.15) is 5.56 Å². The van der Waals surface area contributed by atoms with Gasteiger partial charge in [0.1, 0.15) is 10.6 Å². The first kappa shape index (κ1) is 22.3. The number of aromatic nitrogens is 4. The zero-order valence-electron chi connectivity index (χ0n) is 18.5. The van der Waals surface area contributed by atoms with Gasteiger partial charge in [-0.1, -0.05) is 78.9 Å². The second-order valence-electron chi connectivity index (χ2n) is 7.66. The number of para-hydroxylation sites is 1. The van der Waals surface area contributed by atoms with E-state index in [9.17, 15) is 8.42 Å². The second kappa shape index (κ2) is 9.78. The molecule has 0 aliphatic heterocycles. The van der Waals surface area contributed by atoms with Crippen LogP contribution in [0.25, 0.3) is 11.3 Å². The van der Waals surface area contributed by atoms with E-state index in [1.807, 2.05) is 78.9 Å². The number of hydrogen-bond donors (Lipinski definition) is 1. The van der Waals surface area contributed by atoms with Gasteiger partial charge < -0.3 is 4.74 Å². The molecule has 9 heteroatoms. The minimum atomic E-state index is -3.99. The predicted molar refractivity (Wildman–Crippen MR) is 133 cm³/mol. The van der Waals surface area contributed by atoms with Crippen molar-refractivity contribution in [2.45, 2.75) is 11.4 Å². The molecule has 0 saturated carbocycles. The zero-order chi connectivity index (χ0) is 24.1. The summed E-state index contributed by atoms with van der Waals surface area (Å²) in [7, 11) is -3.99. The van der Waals surface area contributed by atoms with Gasteiger partial charge in [-0.05, 0) is 17.7 Å². The Labute approximate surface area is 202 Å². The molecule has 35 heavy (non-hydrogen) atoms. The normalized spacial score (nSPS) is 11.2. The lowest BCUT2D eigenvalue weighted by Gasteiger charge is -2.11. The van der Waals surface area contributed by atoms with Crippen molar-refractivity contribution in [3.8, 4) is 22.9 Å². The Hall–Kier alpha value is -4.50. The number of sulfonamides is 1. The molecule has 0 aliphatic carbocycles. The molecule has 0 unspecified atom stereocenters. The molecular weight excluding hydrogens is 462 g/mol. The van der Waals surface area contributed by atoms with Crippen molar-refractivity contribution >= 4 is 16.0 Å². The monoisotopic (exact) mass is 483 g/mol. The van der Waals surface area contributed by atoms with E-state index in [-0.39, 0.29) is 16.7 Å². The van der Waals surface area contributed by atoms with Crippen LogP contribution in [-0.4, -0.2) is 28.2 Å². The number of hydrogen-bond acceptors (Lipinski definition) is 6. The molecule has 0 saturated heterocycles. The Kier molecular flexibility index (Phi) is 6.23. The largest absolute Gasteiger partial charge is 0.439 e. The van der Waals surface area contributed by atoms with Crippen LogP contribution in [-0.2, 0) is 16.6 Å². The third kappa shape index (κ3) is 5.53. The van der Waals surface area contributed by atoms with Gasteiger partial charge in [0, 0.05) is 17.8 Å². The lowest BCUT2D eigenvalue weighted by atomic mass is 10.1. The molecule has 0 amide bonds. The maximum atomic E-state index is 13.1. The average molecular weight is 484 g/mol. The van der Waals surface area contributed by atoms with Gasteiger partial charge in [-0.2, -0.15) is 10.1 Å². The fourth-order valence-electron chi connectivity index (χ4n) is 3.41. The summed E-state index contributed by atoms with van der Waals surface area (Å²) in [6.07, 6.45) is 2.77. The van der Waals surface area contributed by atoms with Crippen LogP contribution >= 0.6 is 0 Å². The van der Waals surface area contributed by atoms with E-state index in [2.05, 4.69) is 19.8 Å². The van der Waals surface area contributed by atoms with Gasteiger partial charge >= 0.3 is 0 Å². The van der Waals surface area contributed by atoms with E-state index in [1.165, 1.54) is 12.4 Å². The van der Waals surface area contributed by atoms with Crippen molar-refractivity contribution in [2.75, 3.05) is 4.72 Å². The molecule has 1 N–H and O–H groups in total. The summed E-state index contributed by atoms with van der Waals surface area (Å²) < 4.78 is 36.1. The number of nitrogens with zero attached hydrogens (tertiary/aromatic N) is 4. The quantitative estimate of drug-likeness (QED) is 0.334. The highest BCUT2D eigenvalue weighted by atomic mass is 32.2. The van der Waals surface area contributed by atoms with Crippen LogP contribution in [0.4, 0.5) is 5.95 Å². The van der Waals surface area contributed by atoms with Gasteiger partial charge in [-0.15, -0.1) is 0 Å². The molecule has 0 bridgehead atoms. The molecule has 2 heterocycles. The first-order valence-corrected chi connectivity index (χ1v) is 12.3. The first-order valence-electron chi connectivity index (χ1n) is 10.8. The maximum absolute atomic E-state index is 13.1. The van der Waals surface area contributed by atoms with E-state index in [0.29, 0.717) is 18.0 Å². The van der Waals surface area contributed by atoms with Gasteiger partial charge in [-0.25, -0.2) is 18.1 Å². The molecule has 0 aliphatic rings. The Morgan fingerprint density at radius 3 is 2.20 bits per heavy atom. The number of nitrogens with one attached hydrogen (secondary N) is 1. The van der Waals surface area contributed by atoms with E-state index in [1.54, 1.807) is 22.9 Å². The predicted octanol–water partition coefficient (Wildman–Crippen LogP) is 4.98. The topological polar surface area (TPSA) is 99.0 Å². The Balaban J connectivity index is 1.44. The van der Waals surface area contributed by atoms with Gasteiger partial charge in [0.25, 0.3) is 10.0 Å². The van der Waals surface area contributed by atoms with Crippen molar-refractivity contribution < 1.29 is 13.2 Å². The van der Waals surface area contributed by atoms with E-state index >= 15 is 0 Å². The summed E-state index contributed by atoms with van der Waals surface area (Å²) in [6, 6.07) is 29.8. The van der Waals surface area contributed by atoms with Crippen molar-refractivity contribution in [3.63, 3.8) is 0 Å². The van der Waals surface area contributed by atoms with Crippen molar-refractivity contribution in [1.29, 1.82) is 0 Å². The molecule has 5 aromatic rings. The summed E-state index contributed by atoms with van der Waals surface area (Å²) in [6.45, 7) is 0.450. The number of rotatable bonds is 8. The highest BCUT2D eigenvalue weighted by Crippen LogP contribution is 2.27. The fraction of sp³-hybridized carbons (Fsp3) is 0.0385. The van der Waals surface area contributed by atoms with Gasteiger partial charge in [0.05, 0.1) is 18.4 Å². The molecule has 0 radical (unpaired) electrons. The van der Waals surface area contributed by atoms with E-state index < -0.39 is 10.0 Å². The Morgan fingerprint density at radius 1 is 0.829 bits per heavy atom. The molecule has 8 nitrogen and oxygen atoms in total. The summed E-state index contributed by atoms with van der Waals surface area (Å²) in [5.74, 6) is 0.678. The fourth-order valence-corrected chi connectivity index (χ4v) is 4.30. The molecule has 3 aromatic carbocycles. The zero-order valence-corrected chi connectivity index (χ0v) is 19.3. The molecule has 0 atom stereocenters. The van der Waals surface area contributed by atoms with Crippen LogP contribution in [0.15, 0.2) is 114 Å². The highest BCUT2D eigenvalue weighted by Gasteiger charge is 2.20. The summed E-state index contributed by atoms with van der Waals surface area (Å²) in [5, 5.41) is 4.19.